The highest BCUT2D eigenvalue weighted by atomic mass is 16.1. The average molecular weight is 372 g/mol. The van der Waals surface area contributed by atoms with Gasteiger partial charge < -0.3 is 10.2 Å². The SMILES string of the molecule is Cc1ccc(NC(=O)c2ccc(-c3cnc(N4CCCCC4)nc3)cc2)cc1. The van der Waals surface area contributed by atoms with Crippen LogP contribution in [0.4, 0.5) is 11.6 Å². The van der Waals surface area contributed by atoms with Crippen LogP contribution in [0.1, 0.15) is 35.2 Å². The number of carbonyl (C=O) groups is 1. The van der Waals surface area contributed by atoms with Crippen LogP contribution in [0, 0.1) is 6.92 Å². The number of benzene rings is 2. The molecule has 1 aliphatic heterocycles. The van der Waals surface area contributed by atoms with E-state index >= 15 is 0 Å². The second kappa shape index (κ2) is 8.21. The molecule has 1 fully saturated rings. The molecule has 1 amide bonds. The molecule has 2 heterocycles. The van der Waals surface area contributed by atoms with Crippen LogP contribution in [-0.4, -0.2) is 29.0 Å². The number of nitrogens with one attached hydrogen (secondary N) is 1. The van der Waals surface area contributed by atoms with E-state index in [4.69, 9.17) is 0 Å². The minimum Gasteiger partial charge on any atom is -0.341 e. The molecule has 0 atom stereocenters. The molecule has 0 radical (unpaired) electrons. The summed E-state index contributed by atoms with van der Waals surface area (Å²) in [5.74, 6) is 0.685. The molecule has 4 rings (SSSR count). The first-order valence-electron chi connectivity index (χ1n) is 9.74. The van der Waals surface area contributed by atoms with Gasteiger partial charge in [-0.25, -0.2) is 9.97 Å². The average Bonchev–Trinajstić information content (AvgIpc) is 2.76. The molecule has 1 aromatic heterocycles. The smallest absolute Gasteiger partial charge is 0.255 e. The summed E-state index contributed by atoms with van der Waals surface area (Å²) < 4.78 is 0. The van der Waals surface area contributed by atoms with Crippen molar-refractivity contribution in [1.82, 2.24) is 9.97 Å². The number of aryl methyl sites for hydroxylation is 1. The fourth-order valence-electron chi connectivity index (χ4n) is 3.38. The molecule has 0 aliphatic carbocycles. The fourth-order valence-corrected chi connectivity index (χ4v) is 3.38. The quantitative estimate of drug-likeness (QED) is 0.721. The molecule has 0 saturated carbocycles. The Morgan fingerprint density at radius 1 is 0.857 bits per heavy atom. The third-order valence-electron chi connectivity index (χ3n) is 5.07. The second-order valence-corrected chi connectivity index (χ2v) is 7.22. The van der Waals surface area contributed by atoms with Gasteiger partial charge in [-0.15, -0.1) is 0 Å². The van der Waals surface area contributed by atoms with E-state index in [9.17, 15) is 4.79 Å². The lowest BCUT2D eigenvalue weighted by Gasteiger charge is -2.26. The third kappa shape index (κ3) is 4.19. The predicted octanol–water partition coefficient (Wildman–Crippen LogP) is 4.69. The first-order valence-corrected chi connectivity index (χ1v) is 9.74. The number of aromatic nitrogens is 2. The van der Waals surface area contributed by atoms with E-state index in [1.54, 1.807) is 0 Å². The van der Waals surface area contributed by atoms with Gasteiger partial charge in [-0.05, 0) is 56.0 Å². The molecule has 2 aromatic carbocycles. The molecule has 0 unspecified atom stereocenters. The normalized spacial score (nSPS) is 14.0. The summed E-state index contributed by atoms with van der Waals surface area (Å²) in [7, 11) is 0. The van der Waals surface area contributed by atoms with Gasteiger partial charge >= 0.3 is 0 Å². The number of hydrogen-bond acceptors (Lipinski definition) is 4. The van der Waals surface area contributed by atoms with Gasteiger partial charge in [-0.3, -0.25) is 4.79 Å². The van der Waals surface area contributed by atoms with Crippen LogP contribution >= 0.6 is 0 Å². The van der Waals surface area contributed by atoms with E-state index in [0.717, 1.165) is 41.4 Å². The highest BCUT2D eigenvalue weighted by molar-refractivity contribution is 6.04. The number of hydrogen-bond donors (Lipinski definition) is 1. The number of piperidine rings is 1. The van der Waals surface area contributed by atoms with Gasteiger partial charge in [0, 0.05) is 42.3 Å². The van der Waals surface area contributed by atoms with Crippen molar-refractivity contribution in [2.24, 2.45) is 0 Å². The van der Waals surface area contributed by atoms with Gasteiger partial charge in [0.2, 0.25) is 5.95 Å². The minimum atomic E-state index is -0.118. The molecular weight excluding hydrogens is 348 g/mol. The molecule has 5 nitrogen and oxygen atoms in total. The summed E-state index contributed by atoms with van der Waals surface area (Å²) in [6, 6.07) is 15.3. The van der Waals surface area contributed by atoms with E-state index < -0.39 is 0 Å². The Kier molecular flexibility index (Phi) is 5.33. The van der Waals surface area contributed by atoms with Gasteiger partial charge in [0.25, 0.3) is 5.91 Å². The zero-order valence-electron chi connectivity index (χ0n) is 16.1. The Bertz CT molecular complexity index is 928. The summed E-state index contributed by atoms with van der Waals surface area (Å²) in [4.78, 5) is 23.7. The number of anilines is 2. The molecule has 28 heavy (non-hydrogen) atoms. The lowest BCUT2D eigenvalue weighted by atomic mass is 10.1. The van der Waals surface area contributed by atoms with Crippen LogP contribution in [0.25, 0.3) is 11.1 Å². The highest BCUT2D eigenvalue weighted by Crippen LogP contribution is 2.21. The van der Waals surface area contributed by atoms with Crippen molar-refractivity contribution in [2.75, 3.05) is 23.3 Å². The van der Waals surface area contributed by atoms with Crippen LogP contribution in [0.15, 0.2) is 60.9 Å². The molecule has 0 spiro atoms. The van der Waals surface area contributed by atoms with E-state index in [1.807, 2.05) is 67.8 Å². The first kappa shape index (κ1) is 18.2. The zero-order chi connectivity index (χ0) is 19.3. The van der Waals surface area contributed by atoms with Crippen LogP contribution in [0.3, 0.4) is 0 Å². The highest BCUT2D eigenvalue weighted by Gasteiger charge is 2.13. The standard InChI is InChI=1S/C23H24N4O/c1-17-5-11-21(12-6-17)26-22(28)19-9-7-18(8-10-19)20-15-24-23(25-16-20)27-13-3-2-4-14-27/h5-12,15-16H,2-4,13-14H2,1H3,(H,26,28). The lowest BCUT2D eigenvalue weighted by Crippen LogP contribution is -2.30. The molecular formula is C23H24N4O. The Hall–Kier alpha value is -3.21. The van der Waals surface area contributed by atoms with Crippen molar-refractivity contribution in [3.05, 3.63) is 72.1 Å². The molecule has 1 N–H and O–H groups in total. The monoisotopic (exact) mass is 372 g/mol. The van der Waals surface area contributed by atoms with E-state index in [2.05, 4.69) is 20.2 Å². The van der Waals surface area contributed by atoms with Gasteiger partial charge in [0.15, 0.2) is 0 Å². The van der Waals surface area contributed by atoms with E-state index in [-0.39, 0.29) is 5.91 Å². The van der Waals surface area contributed by atoms with Crippen molar-refractivity contribution in [3.8, 4) is 11.1 Å². The maximum Gasteiger partial charge on any atom is 0.255 e. The van der Waals surface area contributed by atoms with Crippen LogP contribution in [0.2, 0.25) is 0 Å². The number of amides is 1. The van der Waals surface area contributed by atoms with Crippen LogP contribution in [0.5, 0.6) is 0 Å². The van der Waals surface area contributed by atoms with Crippen molar-refractivity contribution < 1.29 is 4.79 Å². The number of nitrogens with zero attached hydrogens (tertiary/aromatic N) is 3. The Labute approximate surface area is 165 Å². The first-order chi connectivity index (χ1) is 13.7. The van der Waals surface area contributed by atoms with E-state index in [1.165, 1.54) is 19.3 Å². The largest absolute Gasteiger partial charge is 0.341 e. The fraction of sp³-hybridized carbons (Fsp3) is 0.261. The summed E-state index contributed by atoms with van der Waals surface area (Å²) in [5.41, 5.74) is 4.52. The Morgan fingerprint density at radius 3 is 2.14 bits per heavy atom. The second-order valence-electron chi connectivity index (χ2n) is 7.22. The van der Waals surface area contributed by atoms with Crippen molar-refractivity contribution in [3.63, 3.8) is 0 Å². The molecule has 1 saturated heterocycles. The third-order valence-corrected chi connectivity index (χ3v) is 5.07. The Balaban J connectivity index is 1.43. The minimum absolute atomic E-state index is 0.118. The van der Waals surface area contributed by atoms with Crippen molar-refractivity contribution in [1.29, 1.82) is 0 Å². The summed E-state index contributed by atoms with van der Waals surface area (Å²) in [5, 5.41) is 2.92. The van der Waals surface area contributed by atoms with Gasteiger partial charge in [0.05, 0.1) is 0 Å². The van der Waals surface area contributed by atoms with Gasteiger partial charge in [0.1, 0.15) is 0 Å². The Morgan fingerprint density at radius 2 is 1.50 bits per heavy atom. The molecule has 1 aliphatic rings. The maximum absolute atomic E-state index is 12.4. The summed E-state index contributed by atoms with van der Waals surface area (Å²) >= 11 is 0. The van der Waals surface area contributed by atoms with Crippen LogP contribution in [-0.2, 0) is 0 Å². The van der Waals surface area contributed by atoms with Gasteiger partial charge in [-0.1, -0.05) is 29.8 Å². The van der Waals surface area contributed by atoms with Crippen molar-refractivity contribution in [2.45, 2.75) is 26.2 Å². The number of carbonyl (C=O) groups excluding carboxylic acids is 1. The van der Waals surface area contributed by atoms with E-state index in [0.29, 0.717) is 5.56 Å². The molecule has 142 valence electrons. The number of rotatable bonds is 4. The molecule has 3 aromatic rings. The lowest BCUT2D eigenvalue weighted by molar-refractivity contribution is 0.102. The predicted molar refractivity (Wildman–Crippen MR) is 113 cm³/mol. The topological polar surface area (TPSA) is 58.1 Å². The maximum atomic E-state index is 12.4. The summed E-state index contributed by atoms with van der Waals surface area (Å²) in [6.45, 7) is 4.08. The molecule has 0 bridgehead atoms. The zero-order valence-corrected chi connectivity index (χ0v) is 16.1. The summed E-state index contributed by atoms with van der Waals surface area (Å²) in [6.07, 6.45) is 7.42. The molecule has 5 heteroatoms. The van der Waals surface area contributed by atoms with Crippen LogP contribution < -0.4 is 10.2 Å². The van der Waals surface area contributed by atoms with Crippen molar-refractivity contribution >= 4 is 17.5 Å². The van der Waals surface area contributed by atoms with Gasteiger partial charge in [-0.2, -0.15) is 0 Å².